The summed E-state index contributed by atoms with van der Waals surface area (Å²) in [6.07, 6.45) is 1.11. The van der Waals surface area contributed by atoms with Crippen molar-refractivity contribution >= 4 is 42.4 Å². The van der Waals surface area contributed by atoms with Crippen molar-refractivity contribution in [2.75, 3.05) is 34.9 Å². The third kappa shape index (κ3) is 14.2. The Morgan fingerprint density at radius 3 is 2.00 bits per heavy atom. The van der Waals surface area contributed by atoms with Crippen LogP contribution in [0.3, 0.4) is 0 Å². The zero-order valence-electron chi connectivity index (χ0n) is 37.1. The van der Waals surface area contributed by atoms with Crippen molar-refractivity contribution in [3.63, 3.8) is 0 Å². The highest BCUT2D eigenvalue weighted by atomic mass is 32.1. The fraction of sp³-hybridized carbons (Fsp3) is 0.744. The first-order chi connectivity index (χ1) is 26.6. The smallest absolute Gasteiger partial charge is 0.245 e. The van der Waals surface area contributed by atoms with Gasteiger partial charge in [0.05, 0.1) is 36.6 Å². The molecule has 1 aromatic carbocycles. The molecular formula is C43H74N6O7S. The number of rotatable bonds is 21. The van der Waals surface area contributed by atoms with Crippen LogP contribution in [-0.2, 0) is 39.9 Å². The van der Waals surface area contributed by atoms with E-state index in [9.17, 15) is 24.0 Å². The zero-order valence-corrected chi connectivity index (χ0v) is 38.0. The summed E-state index contributed by atoms with van der Waals surface area (Å²) in [4.78, 5) is 72.8. The van der Waals surface area contributed by atoms with Gasteiger partial charge in [0.15, 0.2) is 0 Å². The second-order valence-electron chi connectivity index (χ2n) is 17.6. The average Bonchev–Trinajstić information content (AvgIpc) is 3.62. The van der Waals surface area contributed by atoms with Gasteiger partial charge in [0, 0.05) is 39.8 Å². The predicted molar refractivity (Wildman–Crippen MR) is 228 cm³/mol. The van der Waals surface area contributed by atoms with Crippen LogP contribution in [0.25, 0.3) is 0 Å². The molecular weight excluding hydrogens is 745 g/mol. The van der Waals surface area contributed by atoms with E-state index in [0.29, 0.717) is 19.4 Å². The van der Waals surface area contributed by atoms with Gasteiger partial charge in [0.1, 0.15) is 18.1 Å². The average molecular weight is 819 g/mol. The minimum Gasteiger partial charge on any atom is -0.379 e. The number of thiol groups is 1. The van der Waals surface area contributed by atoms with Gasteiger partial charge in [-0.2, -0.15) is 0 Å². The molecule has 3 N–H and O–H groups in total. The molecule has 1 heterocycles. The van der Waals surface area contributed by atoms with E-state index < -0.39 is 53.9 Å². The molecule has 0 spiro atoms. The van der Waals surface area contributed by atoms with Crippen LogP contribution in [0.1, 0.15) is 100 Å². The number of carbonyl (C=O) groups is 5. The Hall–Kier alpha value is -3.20. The van der Waals surface area contributed by atoms with Gasteiger partial charge in [-0.3, -0.25) is 24.0 Å². The lowest BCUT2D eigenvalue weighted by Gasteiger charge is -2.41. The van der Waals surface area contributed by atoms with Crippen molar-refractivity contribution in [2.24, 2.45) is 23.7 Å². The van der Waals surface area contributed by atoms with E-state index in [4.69, 9.17) is 9.47 Å². The number of hydrogen-bond donors (Lipinski definition) is 4. The third-order valence-corrected chi connectivity index (χ3v) is 11.5. The van der Waals surface area contributed by atoms with Gasteiger partial charge in [-0.1, -0.05) is 98.0 Å². The molecule has 9 atom stereocenters. The van der Waals surface area contributed by atoms with E-state index in [-0.39, 0.29) is 53.7 Å². The first-order valence-electron chi connectivity index (χ1n) is 20.6. The highest BCUT2D eigenvalue weighted by Gasteiger charge is 2.43. The Balaban J connectivity index is 2.32. The standard InChI is InChI=1S/C43H74N6O7S/c1-15-28(6)37(47(11)42(54)35(26(2)3)45-41(53)36(27(4)5)48(12)57)33(55-13)25-34(50)49-23-19-22-32(49)38(56-14)29(7)39(51)44-31(40(52)46-43(8,9)10)24-30-20-17-16-18-21-30/h16-18,20-21,26-29,31-33,35-38,57H,15,19,22-25H2,1-14H3,(H,44,51)(H,45,53)(H,46,52)/t28-,29+,31-,32-,33+,35-,36-,37-,38+/m0/s1. The van der Waals surface area contributed by atoms with Gasteiger partial charge in [-0.05, 0) is 64.0 Å². The molecule has 14 heteroatoms. The maximum Gasteiger partial charge on any atom is 0.245 e. The van der Waals surface area contributed by atoms with E-state index in [2.05, 4.69) is 28.8 Å². The summed E-state index contributed by atoms with van der Waals surface area (Å²) in [5, 5.41) is 8.98. The van der Waals surface area contributed by atoms with Crippen molar-refractivity contribution in [2.45, 2.75) is 149 Å². The third-order valence-electron chi connectivity index (χ3n) is 11.2. The Morgan fingerprint density at radius 2 is 1.51 bits per heavy atom. The minimum atomic E-state index is -0.815. The normalized spacial score (nSPS) is 19.0. The van der Waals surface area contributed by atoms with Crippen molar-refractivity contribution < 1.29 is 33.4 Å². The van der Waals surface area contributed by atoms with E-state index >= 15 is 0 Å². The summed E-state index contributed by atoms with van der Waals surface area (Å²) in [6.45, 7) is 19.7. The highest BCUT2D eigenvalue weighted by Crippen LogP contribution is 2.30. The first-order valence-corrected chi connectivity index (χ1v) is 21.0. The molecule has 0 saturated carbocycles. The Bertz CT molecular complexity index is 1450. The van der Waals surface area contributed by atoms with Crippen LogP contribution in [0.4, 0.5) is 0 Å². The van der Waals surface area contributed by atoms with E-state index in [1.807, 2.05) is 92.6 Å². The SMILES string of the molecule is CC[C@H](C)[C@@H]([C@@H](CC(=O)N1CCC[C@H]1[C@H](OC)[C@@H](C)C(=O)N[C@@H](Cc1ccccc1)C(=O)NC(C)(C)C)OC)N(C)C(=O)[C@@H](NC(=O)[C@H](C(C)C)N(C)S)C(C)C. The quantitative estimate of drug-likeness (QED) is 0.133. The van der Waals surface area contributed by atoms with Crippen LogP contribution in [0.15, 0.2) is 30.3 Å². The molecule has 57 heavy (non-hydrogen) atoms. The Morgan fingerprint density at radius 1 is 0.895 bits per heavy atom. The molecule has 0 bridgehead atoms. The number of likely N-dealkylation sites (N-methyl/N-ethyl adjacent to an activating group) is 2. The number of benzene rings is 1. The van der Waals surface area contributed by atoms with Gasteiger partial charge >= 0.3 is 0 Å². The molecule has 1 saturated heterocycles. The Kier molecular flexibility index (Phi) is 20.0. The molecule has 0 aromatic heterocycles. The number of hydrogen-bond acceptors (Lipinski definition) is 9. The topological polar surface area (TPSA) is 150 Å². The number of nitrogens with zero attached hydrogens (tertiary/aromatic N) is 3. The number of carbonyl (C=O) groups excluding carboxylic acids is 5. The molecule has 1 fully saturated rings. The molecule has 1 aromatic rings. The van der Waals surface area contributed by atoms with Gasteiger partial charge in [0.2, 0.25) is 29.5 Å². The van der Waals surface area contributed by atoms with Crippen molar-refractivity contribution in [3.8, 4) is 0 Å². The summed E-state index contributed by atoms with van der Waals surface area (Å²) < 4.78 is 13.6. The number of nitrogens with one attached hydrogen (secondary N) is 3. The first kappa shape index (κ1) is 49.9. The molecule has 0 aliphatic carbocycles. The molecule has 324 valence electrons. The molecule has 0 unspecified atom stereocenters. The Labute approximate surface area is 348 Å². The van der Waals surface area contributed by atoms with Gasteiger partial charge < -0.3 is 35.2 Å². The number of ether oxygens (including phenoxy) is 2. The largest absolute Gasteiger partial charge is 0.379 e. The fourth-order valence-corrected chi connectivity index (χ4v) is 8.37. The number of likely N-dealkylation sites (tertiary alicyclic amines) is 1. The monoisotopic (exact) mass is 819 g/mol. The molecule has 0 radical (unpaired) electrons. The minimum absolute atomic E-state index is 0.00133. The summed E-state index contributed by atoms with van der Waals surface area (Å²) in [6, 6.07) is 6.52. The second-order valence-corrected chi connectivity index (χ2v) is 18.2. The van der Waals surface area contributed by atoms with Crippen LogP contribution in [0, 0.1) is 23.7 Å². The van der Waals surface area contributed by atoms with Crippen molar-refractivity contribution in [1.29, 1.82) is 0 Å². The van der Waals surface area contributed by atoms with Crippen LogP contribution in [0.5, 0.6) is 0 Å². The van der Waals surface area contributed by atoms with E-state index in [1.54, 1.807) is 49.3 Å². The maximum atomic E-state index is 14.3. The summed E-state index contributed by atoms with van der Waals surface area (Å²) in [5.74, 6) is -2.31. The molecule has 2 rings (SSSR count). The van der Waals surface area contributed by atoms with Crippen LogP contribution >= 0.6 is 12.8 Å². The fourth-order valence-electron chi connectivity index (χ4n) is 8.00. The van der Waals surface area contributed by atoms with E-state index in [0.717, 1.165) is 18.4 Å². The van der Waals surface area contributed by atoms with Gasteiger partial charge in [-0.15, -0.1) is 0 Å². The molecule has 13 nitrogen and oxygen atoms in total. The molecule has 5 amide bonds. The second kappa shape index (κ2) is 22.8. The zero-order chi connectivity index (χ0) is 43.4. The van der Waals surface area contributed by atoms with Gasteiger partial charge in [0.25, 0.3) is 0 Å². The van der Waals surface area contributed by atoms with Crippen molar-refractivity contribution in [3.05, 3.63) is 35.9 Å². The van der Waals surface area contributed by atoms with Gasteiger partial charge in [-0.25, -0.2) is 4.31 Å². The lowest BCUT2D eigenvalue weighted by atomic mass is 9.89. The molecule has 1 aliphatic rings. The summed E-state index contributed by atoms with van der Waals surface area (Å²) in [5.41, 5.74) is 0.418. The maximum absolute atomic E-state index is 14.3. The highest BCUT2D eigenvalue weighted by molar-refractivity contribution is 7.77. The van der Waals surface area contributed by atoms with Crippen LogP contribution in [0.2, 0.25) is 0 Å². The number of amides is 5. The lowest BCUT2D eigenvalue weighted by Crippen LogP contribution is -2.59. The number of methoxy groups -OCH3 is 2. The van der Waals surface area contributed by atoms with Crippen LogP contribution < -0.4 is 16.0 Å². The lowest BCUT2D eigenvalue weighted by molar-refractivity contribution is -0.148. The predicted octanol–water partition coefficient (Wildman–Crippen LogP) is 4.49. The summed E-state index contributed by atoms with van der Waals surface area (Å²) in [7, 11) is 6.53. The molecule has 1 aliphatic heterocycles. The van der Waals surface area contributed by atoms with E-state index in [1.165, 1.54) is 0 Å². The van der Waals surface area contributed by atoms with Crippen molar-refractivity contribution in [1.82, 2.24) is 30.1 Å². The van der Waals surface area contributed by atoms with Crippen LogP contribution in [-0.4, -0.2) is 126 Å². The summed E-state index contributed by atoms with van der Waals surface area (Å²) >= 11 is 4.40.